The van der Waals surface area contributed by atoms with Crippen LogP contribution in [0.5, 0.6) is 0 Å². The number of carbonyl (C=O) groups is 1. The highest BCUT2D eigenvalue weighted by Crippen LogP contribution is 2.44. The standard InChI is InChI=1S/C20H26FN5O2/c1-20(2,3)28-19(27)26-8-6-25(7-9-26)16-10-14(21)11-22-18(16)15-12-23-24-17(15)13-4-5-13/h10-13H,4-9H2,1-3H3,(H,23,24). The number of nitrogens with one attached hydrogen (secondary N) is 1. The van der Waals surface area contributed by atoms with E-state index in [9.17, 15) is 9.18 Å². The highest BCUT2D eigenvalue weighted by Gasteiger charge is 2.32. The van der Waals surface area contributed by atoms with E-state index in [0.29, 0.717) is 32.1 Å². The normalized spacial score (nSPS) is 17.7. The van der Waals surface area contributed by atoms with Gasteiger partial charge in [0.05, 0.1) is 23.3 Å². The van der Waals surface area contributed by atoms with Crippen LogP contribution in [0.25, 0.3) is 11.3 Å². The summed E-state index contributed by atoms with van der Waals surface area (Å²) in [5.74, 6) is 0.0924. The number of carbonyl (C=O) groups excluding carboxylic acids is 1. The highest BCUT2D eigenvalue weighted by atomic mass is 19.1. The zero-order valence-corrected chi connectivity index (χ0v) is 16.5. The van der Waals surface area contributed by atoms with Crippen molar-refractivity contribution in [2.45, 2.75) is 45.1 Å². The van der Waals surface area contributed by atoms with Crippen LogP contribution in [0.15, 0.2) is 18.5 Å². The second-order valence-electron chi connectivity index (χ2n) is 8.43. The molecule has 1 N–H and O–H groups in total. The molecule has 3 heterocycles. The predicted molar refractivity (Wildman–Crippen MR) is 104 cm³/mol. The molecule has 8 heteroatoms. The van der Waals surface area contributed by atoms with E-state index in [1.807, 2.05) is 27.0 Å². The summed E-state index contributed by atoms with van der Waals surface area (Å²) in [7, 11) is 0. The number of piperazine rings is 1. The van der Waals surface area contributed by atoms with Gasteiger partial charge in [0.25, 0.3) is 0 Å². The first-order chi connectivity index (χ1) is 13.3. The molecule has 2 fully saturated rings. The molecule has 28 heavy (non-hydrogen) atoms. The van der Waals surface area contributed by atoms with Crippen molar-refractivity contribution in [1.29, 1.82) is 0 Å². The van der Waals surface area contributed by atoms with Crippen LogP contribution in [-0.4, -0.2) is 58.0 Å². The van der Waals surface area contributed by atoms with E-state index in [0.717, 1.165) is 35.5 Å². The van der Waals surface area contributed by atoms with Crippen molar-refractivity contribution < 1.29 is 13.9 Å². The number of aromatic nitrogens is 3. The average Bonchev–Trinajstić information content (AvgIpc) is 3.37. The Morgan fingerprint density at radius 3 is 2.61 bits per heavy atom. The first kappa shape index (κ1) is 18.7. The van der Waals surface area contributed by atoms with Crippen molar-refractivity contribution in [1.82, 2.24) is 20.1 Å². The molecule has 1 aliphatic carbocycles. The van der Waals surface area contributed by atoms with Gasteiger partial charge in [0.2, 0.25) is 0 Å². The van der Waals surface area contributed by atoms with E-state index < -0.39 is 5.60 Å². The molecule has 0 aromatic carbocycles. The van der Waals surface area contributed by atoms with Gasteiger partial charge in [0.15, 0.2) is 0 Å². The molecule has 0 radical (unpaired) electrons. The van der Waals surface area contributed by atoms with Crippen molar-refractivity contribution in [3.8, 4) is 11.3 Å². The first-order valence-electron chi connectivity index (χ1n) is 9.74. The fourth-order valence-electron chi connectivity index (χ4n) is 3.49. The van der Waals surface area contributed by atoms with Gasteiger partial charge >= 0.3 is 6.09 Å². The van der Waals surface area contributed by atoms with E-state index in [1.165, 1.54) is 12.3 Å². The number of pyridine rings is 1. The Hall–Kier alpha value is -2.64. The van der Waals surface area contributed by atoms with Crippen LogP contribution in [0.2, 0.25) is 0 Å². The smallest absolute Gasteiger partial charge is 0.410 e. The number of hydrogen-bond donors (Lipinski definition) is 1. The Bertz CT molecular complexity index is 864. The van der Waals surface area contributed by atoms with E-state index in [1.54, 1.807) is 4.90 Å². The minimum absolute atomic E-state index is 0.310. The predicted octanol–water partition coefficient (Wildman–Crippen LogP) is 3.55. The summed E-state index contributed by atoms with van der Waals surface area (Å²) in [4.78, 5) is 20.5. The fourth-order valence-corrected chi connectivity index (χ4v) is 3.49. The lowest BCUT2D eigenvalue weighted by atomic mass is 10.1. The van der Waals surface area contributed by atoms with Crippen molar-refractivity contribution in [2.75, 3.05) is 31.1 Å². The summed E-state index contributed by atoms with van der Waals surface area (Å²) in [6.45, 7) is 7.79. The monoisotopic (exact) mass is 387 g/mol. The van der Waals surface area contributed by atoms with Gasteiger partial charge in [-0.3, -0.25) is 10.1 Å². The van der Waals surface area contributed by atoms with Gasteiger partial charge in [-0.1, -0.05) is 0 Å². The topological polar surface area (TPSA) is 74.3 Å². The quantitative estimate of drug-likeness (QED) is 0.872. The molecule has 2 aromatic heterocycles. The van der Waals surface area contributed by atoms with Crippen molar-refractivity contribution >= 4 is 11.8 Å². The van der Waals surface area contributed by atoms with Crippen LogP contribution in [0, 0.1) is 5.82 Å². The lowest BCUT2D eigenvalue weighted by Gasteiger charge is -2.37. The molecule has 1 aliphatic heterocycles. The van der Waals surface area contributed by atoms with Crippen molar-refractivity contribution in [3.05, 3.63) is 30.0 Å². The molecular formula is C20H26FN5O2. The lowest BCUT2D eigenvalue weighted by molar-refractivity contribution is 0.0240. The van der Waals surface area contributed by atoms with Crippen LogP contribution in [0.3, 0.4) is 0 Å². The van der Waals surface area contributed by atoms with Crippen LogP contribution in [0.1, 0.15) is 45.2 Å². The largest absolute Gasteiger partial charge is 0.444 e. The van der Waals surface area contributed by atoms with Gasteiger partial charge < -0.3 is 14.5 Å². The number of anilines is 1. The third kappa shape index (κ3) is 3.95. The van der Waals surface area contributed by atoms with Crippen LogP contribution < -0.4 is 4.90 Å². The molecule has 150 valence electrons. The Morgan fingerprint density at radius 2 is 1.96 bits per heavy atom. The van der Waals surface area contributed by atoms with Gasteiger partial charge in [0.1, 0.15) is 11.4 Å². The zero-order chi connectivity index (χ0) is 19.9. The molecule has 4 rings (SSSR count). The number of nitrogens with zero attached hydrogens (tertiary/aromatic N) is 4. The Labute approximate surface area is 163 Å². The SMILES string of the molecule is CC(C)(C)OC(=O)N1CCN(c2cc(F)cnc2-c2c[nH]nc2C2CC2)CC1. The minimum atomic E-state index is -0.519. The van der Waals surface area contributed by atoms with Crippen molar-refractivity contribution in [3.63, 3.8) is 0 Å². The lowest BCUT2D eigenvalue weighted by Crippen LogP contribution is -2.50. The Kier molecular flexibility index (Phi) is 4.72. The molecule has 1 saturated carbocycles. The van der Waals surface area contributed by atoms with Gasteiger partial charge in [-0.2, -0.15) is 5.10 Å². The summed E-state index contributed by atoms with van der Waals surface area (Å²) in [5.41, 5.74) is 2.91. The maximum atomic E-state index is 14.0. The Balaban J connectivity index is 1.53. The zero-order valence-electron chi connectivity index (χ0n) is 16.5. The van der Waals surface area contributed by atoms with Gasteiger partial charge in [-0.05, 0) is 33.6 Å². The van der Waals surface area contributed by atoms with E-state index in [2.05, 4.69) is 20.1 Å². The number of ether oxygens (including phenoxy) is 1. The molecule has 0 unspecified atom stereocenters. The third-order valence-corrected chi connectivity index (χ3v) is 5.00. The summed E-state index contributed by atoms with van der Waals surface area (Å²) in [6.07, 6.45) is 5.04. The maximum Gasteiger partial charge on any atom is 0.410 e. The number of hydrogen-bond acceptors (Lipinski definition) is 5. The molecule has 0 bridgehead atoms. The summed E-state index contributed by atoms with van der Waals surface area (Å²) < 4.78 is 19.5. The minimum Gasteiger partial charge on any atom is -0.444 e. The molecule has 2 aromatic rings. The third-order valence-electron chi connectivity index (χ3n) is 5.00. The number of amides is 1. The summed E-state index contributed by atoms with van der Waals surface area (Å²) >= 11 is 0. The number of rotatable bonds is 3. The molecule has 2 aliphatic rings. The molecule has 0 atom stereocenters. The van der Waals surface area contributed by atoms with E-state index >= 15 is 0 Å². The number of halogens is 1. The molecular weight excluding hydrogens is 361 g/mol. The highest BCUT2D eigenvalue weighted by molar-refractivity contribution is 5.77. The van der Waals surface area contributed by atoms with Crippen LogP contribution in [-0.2, 0) is 4.74 Å². The maximum absolute atomic E-state index is 14.0. The van der Waals surface area contributed by atoms with Crippen LogP contribution in [0.4, 0.5) is 14.9 Å². The Morgan fingerprint density at radius 1 is 1.25 bits per heavy atom. The molecule has 7 nitrogen and oxygen atoms in total. The molecule has 1 amide bonds. The van der Waals surface area contributed by atoms with Gasteiger partial charge in [-0.25, -0.2) is 9.18 Å². The first-order valence-corrected chi connectivity index (χ1v) is 9.74. The average molecular weight is 387 g/mol. The second kappa shape index (κ2) is 7.07. The van der Waals surface area contributed by atoms with E-state index in [4.69, 9.17) is 4.74 Å². The van der Waals surface area contributed by atoms with Gasteiger partial charge in [-0.15, -0.1) is 0 Å². The van der Waals surface area contributed by atoms with E-state index in [-0.39, 0.29) is 11.9 Å². The molecule has 1 saturated heterocycles. The summed E-state index contributed by atoms with van der Waals surface area (Å²) in [5, 5.41) is 7.32. The fraction of sp³-hybridized carbons (Fsp3) is 0.550. The van der Waals surface area contributed by atoms with Gasteiger partial charge in [0, 0.05) is 49.9 Å². The molecule has 0 spiro atoms. The summed E-state index contributed by atoms with van der Waals surface area (Å²) in [6, 6.07) is 1.52. The van der Waals surface area contributed by atoms with Crippen molar-refractivity contribution in [2.24, 2.45) is 0 Å². The number of aromatic amines is 1. The van der Waals surface area contributed by atoms with Crippen LogP contribution >= 0.6 is 0 Å². The number of H-pyrrole nitrogens is 1. The second-order valence-corrected chi connectivity index (χ2v) is 8.43.